The molecular weight excluding hydrogens is 346 g/mol. The van der Waals surface area contributed by atoms with Crippen molar-refractivity contribution in [3.63, 3.8) is 0 Å². The molecule has 3 N–H and O–H groups in total. The van der Waals surface area contributed by atoms with Crippen LogP contribution in [0, 0.1) is 5.92 Å². The van der Waals surface area contributed by atoms with Crippen LogP contribution >= 0.6 is 0 Å². The van der Waals surface area contributed by atoms with E-state index in [-0.39, 0.29) is 29.9 Å². The maximum atomic E-state index is 12.5. The summed E-state index contributed by atoms with van der Waals surface area (Å²) < 4.78 is 11.4. The fourth-order valence-corrected chi connectivity index (χ4v) is 3.23. The smallest absolute Gasteiger partial charge is 0.255 e. The minimum atomic E-state index is -0.234. The summed E-state index contributed by atoms with van der Waals surface area (Å²) in [5.74, 6) is 1.43. The molecule has 0 spiro atoms. The molecule has 1 aliphatic heterocycles. The fraction of sp³-hybridized carbons (Fsp3) is 0.600. The van der Waals surface area contributed by atoms with E-state index in [1.165, 1.54) is 0 Å². The molecule has 1 aromatic carbocycles. The number of likely N-dealkylation sites (tertiary alicyclic amines) is 1. The first-order valence-corrected chi connectivity index (χ1v) is 9.65. The predicted octanol–water partition coefficient (Wildman–Crippen LogP) is 1.55. The summed E-state index contributed by atoms with van der Waals surface area (Å²) in [5, 5.41) is 2.82. The standard InChI is InChI=1S/C20H29N3O4/c1-13(21)12-22-19(24)17-11-16(26-2)5-6-18(17)27-15-7-9-23(10-8-15)20(25)14-3-4-14/h5-6,11,13-15H,3-4,7-10,12,21H2,1-2H3,(H,22,24)/t13-/m0/s1. The van der Waals surface area contributed by atoms with Gasteiger partial charge in [-0.1, -0.05) is 0 Å². The lowest BCUT2D eigenvalue weighted by atomic mass is 10.1. The molecule has 2 amide bonds. The summed E-state index contributed by atoms with van der Waals surface area (Å²) in [7, 11) is 1.56. The first kappa shape index (κ1) is 19.5. The van der Waals surface area contributed by atoms with E-state index < -0.39 is 0 Å². The lowest BCUT2D eigenvalue weighted by Crippen LogP contribution is -2.42. The van der Waals surface area contributed by atoms with Crippen LogP contribution in [0.5, 0.6) is 11.5 Å². The summed E-state index contributed by atoms with van der Waals surface area (Å²) in [5.41, 5.74) is 6.16. The van der Waals surface area contributed by atoms with E-state index >= 15 is 0 Å². The maximum Gasteiger partial charge on any atom is 0.255 e. The third kappa shape index (κ3) is 5.13. The minimum absolute atomic E-state index is 0.0124. The number of ether oxygens (including phenoxy) is 2. The van der Waals surface area contributed by atoms with Crippen LogP contribution in [-0.2, 0) is 4.79 Å². The minimum Gasteiger partial charge on any atom is -0.497 e. The van der Waals surface area contributed by atoms with Crippen LogP contribution in [0.15, 0.2) is 18.2 Å². The summed E-state index contributed by atoms with van der Waals surface area (Å²) >= 11 is 0. The molecule has 7 nitrogen and oxygen atoms in total. The highest BCUT2D eigenvalue weighted by Crippen LogP contribution is 2.32. The van der Waals surface area contributed by atoms with Crippen LogP contribution in [0.2, 0.25) is 0 Å². The zero-order valence-electron chi connectivity index (χ0n) is 16.1. The van der Waals surface area contributed by atoms with Crippen LogP contribution in [-0.4, -0.2) is 55.6 Å². The number of nitrogens with two attached hydrogens (primary N) is 1. The number of hydrogen-bond donors (Lipinski definition) is 2. The molecule has 2 aliphatic rings. The van der Waals surface area contributed by atoms with E-state index in [0.717, 1.165) is 25.7 Å². The van der Waals surface area contributed by atoms with Gasteiger partial charge >= 0.3 is 0 Å². The molecule has 3 rings (SSSR count). The summed E-state index contributed by atoms with van der Waals surface area (Å²) in [6.07, 6.45) is 3.58. The van der Waals surface area contributed by atoms with Crippen molar-refractivity contribution in [3.05, 3.63) is 23.8 Å². The van der Waals surface area contributed by atoms with Crippen LogP contribution < -0.4 is 20.5 Å². The number of carbonyl (C=O) groups is 2. The van der Waals surface area contributed by atoms with Crippen LogP contribution in [0.25, 0.3) is 0 Å². The SMILES string of the molecule is COc1ccc(OC2CCN(C(=O)C3CC3)CC2)c(C(=O)NC[C@H](C)N)c1. The molecule has 0 aromatic heterocycles. The van der Waals surface area contributed by atoms with Crippen molar-refractivity contribution in [2.24, 2.45) is 11.7 Å². The number of hydrogen-bond acceptors (Lipinski definition) is 5. The van der Waals surface area contributed by atoms with Crippen molar-refractivity contribution in [1.29, 1.82) is 0 Å². The monoisotopic (exact) mass is 375 g/mol. The van der Waals surface area contributed by atoms with Gasteiger partial charge in [-0.3, -0.25) is 9.59 Å². The highest BCUT2D eigenvalue weighted by Gasteiger charge is 2.35. The van der Waals surface area contributed by atoms with Crippen molar-refractivity contribution in [1.82, 2.24) is 10.2 Å². The van der Waals surface area contributed by atoms with E-state index in [4.69, 9.17) is 15.2 Å². The van der Waals surface area contributed by atoms with Crippen molar-refractivity contribution in [2.75, 3.05) is 26.7 Å². The van der Waals surface area contributed by atoms with Crippen LogP contribution in [0.4, 0.5) is 0 Å². The molecule has 1 saturated heterocycles. The van der Waals surface area contributed by atoms with Gasteiger partial charge in [-0.05, 0) is 38.0 Å². The van der Waals surface area contributed by atoms with Gasteiger partial charge in [0.25, 0.3) is 5.91 Å². The zero-order valence-corrected chi connectivity index (χ0v) is 16.1. The van der Waals surface area contributed by atoms with Gasteiger partial charge in [0.2, 0.25) is 5.91 Å². The number of nitrogens with zero attached hydrogens (tertiary/aromatic N) is 1. The van der Waals surface area contributed by atoms with Crippen molar-refractivity contribution < 1.29 is 19.1 Å². The molecule has 2 fully saturated rings. The lowest BCUT2D eigenvalue weighted by Gasteiger charge is -2.32. The number of benzene rings is 1. The Morgan fingerprint density at radius 2 is 1.96 bits per heavy atom. The van der Waals surface area contributed by atoms with Crippen LogP contribution in [0.3, 0.4) is 0 Å². The van der Waals surface area contributed by atoms with E-state index in [1.807, 2.05) is 11.8 Å². The number of amides is 2. The lowest BCUT2D eigenvalue weighted by molar-refractivity contribution is -0.134. The molecule has 0 unspecified atom stereocenters. The van der Waals surface area contributed by atoms with Gasteiger partial charge in [-0.15, -0.1) is 0 Å². The molecule has 1 aromatic rings. The van der Waals surface area contributed by atoms with Gasteiger partial charge < -0.3 is 25.4 Å². The quantitative estimate of drug-likeness (QED) is 0.754. The molecule has 1 heterocycles. The predicted molar refractivity (Wildman–Crippen MR) is 102 cm³/mol. The fourth-order valence-electron chi connectivity index (χ4n) is 3.23. The molecule has 148 valence electrons. The molecule has 0 bridgehead atoms. The van der Waals surface area contributed by atoms with Gasteiger partial charge in [0.15, 0.2) is 0 Å². The molecule has 0 radical (unpaired) electrons. The molecule has 1 saturated carbocycles. The molecular formula is C20H29N3O4. The average Bonchev–Trinajstić information content (AvgIpc) is 3.51. The van der Waals surface area contributed by atoms with Crippen molar-refractivity contribution in [2.45, 2.75) is 44.8 Å². The Hall–Kier alpha value is -2.28. The summed E-state index contributed by atoms with van der Waals surface area (Å²) in [4.78, 5) is 26.7. The highest BCUT2D eigenvalue weighted by atomic mass is 16.5. The molecule has 7 heteroatoms. The van der Waals surface area contributed by atoms with E-state index in [2.05, 4.69) is 5.32 Å². The van der Waals surface area contributed by atoms with E-state index in [0.29, 0.717) is 36.7 Å². The normalized spacial score (nSPS) is 18.7. The summed E-state index contributed by atoms with van der Waals surface area (Å²) in [6, 6.07) is 5.10. The maximum absolute atomic E-state index is 12.5. The van der Waals surface area contributed by atoms with Gasteiger partial charge in [0.1, 0.15) is 17.6 Å². The topological polar surface area (TPSA) is 93.9 Å². The first-order chi connectivity index (χ1) is 13.0. The van der Waals surface area contributed by atoms with Crippen molar-refractivity contribution >= 4 is 11.8 Å². The number of rotatable bonds is 7. The molecule has 1 atom stereocenters. The largest absolute Gasteiger partial charge is 0.497 e. The molecule has 1 aliphatic carbocycles. The van der Waals surface area contributed by atoms with E-state index in [1.54, 1.807) is 25.3 Å². The van der Waals surface area contributed by atoms with Crippen LogP contribution in [0.1, 0.15) is 43.0 Å². The Bertz CT molecular complexity index is 680. The Morgan fingerprint density at radius 3 is 2.56 bits per heavy atom. The highest BCUT2D eigenvalue weighted by molar-refractivity contribution is 5.97. The number of methoxy groups -OCH3 is 1. The average molecular weight is 375 g/mol. The second-order valence-electron chi connectivity index (χ2n) is 7.47. The number of nitrogens with one attached hydrogen (secondary N) is 1. The third-order valence-corrected chi connectivity index (χ3v) is 4.99. The Labute approximate surface area is 160 Å². The summed E-state index contributed by atoms with van der Waals surface area (Å²) in [6.45, 7) is 3.64. The van der Waals surface area contributed by atoms with Gasteiger partial charge in [0, 0.05) is 44.4 Å². The van der Waals surface area contributed by atoms with Gasteiger partial charge in [-0.2, -0.15) is 0 Å². The third-order valence-electron chi connectivity index (χ3n) is 4.99. The Balaban J connectivity index is 1.63. The number of piperidine rings is 1. The molecule has 27 heavy (non-hydrogen) atoms. The van der Waals surface area contributed by atoms with Gasteiger partial charge in [0.05, 0.1) is 12.7 Å². The second kappa shape index (κ2) is 8.61. The first-order valence-electron chi connectivity index (χ1n) is 9.65. The van der Waals surface area contributed by atoms with Gasteiger partial charge in [-0.25, -0.2) is 0 Å². The Kier molecular flexibility index (Phi) is 6.21. The van der Waals surface area contributed by atoms with E-state index in [9.17, 15) is 9.59 Å². The Morgan fingerprint density at radius 1 is 1.26 bits per heavy atom. The second-order valence-corrected chi connectivity index (χ2v) is 7.47. The zero-order chi connectivity index (χ0) is 19.4. The van der Waals surface area contributed by atoms with Crippen molar-refractivity contribution in [3.8, 4) is 11.5 Å². The number of carbonyl (C=O) groups excluding carboxylic acids is 2.